The number of alkyl halides is 3. The molecule has 0 radical (unpaired) electrons. The first-order valence-corrected chi connectivity index (χ1v) is 9.87. The molecule has 1 aliphatic rings. The van der Waals surface area contributed by atoms with E-state index < -0.39 is 43.2 Å². The number of ether oxygens (including phenoxy) is 1. The van der Waals surface area contributed by atoms with Crippen LogP contribution in [0.4, 0.5) is 18.0 Å². The van der Waals surface area contributed by atoms with E-state index in [1.807, 2.05) is 53.8 Å². The van der Waals surface area contributed by atoms with Gasteiger partial charge >= 0.3 is 18.2 Å². The minimum Gasteiger partial charge on any atom is -0.479 e. The maximum Gasteiger partial charge on any atom is 0.407 e. The number of carbonyl (C=O) groups is 3. The largest absolute Gasteiger partial charge is 0.479 e. The summed E-state index contributed by atoms with van der Waals surface area (Å²) < 4.78 is 44.1. The fraction of sp³-hybridized carbons (Fsp3) is 0.318. The number of amides is 2. The van der Waals surface area contributed by atoms with Crippen molar-refractivity contribution in [3.63, 3.8) is 0 Å². The lowest BCUT2D eigenvalue weighted by atomic mass is 9.98. The molecule has 0 bridgehead atoms. The summed E-state index contributed by atoms with van der Waals surface area (Å²) in [5, 5.41) is 10.9. The molecular formula is C22H21F3N2O6. The second-order valence-corrected chi connectivity index (χ2v) is 7.34. The van der Waals surface area contributed by atoms with Crippen molar-refractivity contribution in [2.45, 2.75) is 24.6 Å². The van der Waals surface area contributed by atoms with E-state index in [2.05, 4.69) is 4.84 Å². The minimum absolute atomic E-state index is 0.155. The Morgan fingerprint density at radius 1 is 1.06 bits per heavy atom. The van der Waals surface area contributed by atoms with Gasteiger partial charge in [0.15, 0.2) is 6.61 Å². The Labute approximate surface area is 186 Å². The van der Waals surface area contributed by atoms with Crippen molar-refractivity contribution >= 4 is 18.0 Å². The van der Waals surface area contributed by atoms with E-state index in [1.54, 1.807) is 0 Å². The molecule has 0 spiro atoms. The normalized spacial score (nSPS) is 13.6. The van der Waals surface area contributed by atoms with Crippen LogP contribution in [0.25, 0.3) is 11.1 Å². The predicted molar refractivity (Wildman–Crippen MR) is 109 cm³/mol. The predicted octanol–water partition coefficient (Wildman–Crippen LogP) is 3.32. The lowest BCUT2D eigenvalue weighted by Crippen LogP contribution is -2.49. The monoisotopic (exact) mass is 466 g/mol. The summed E-state index contributed by atoms with van der Waals surface area (Å²) in [7, 11) is 0.952. The molecule has 33 heavy (non-hydrogen) atoms. The first-order chi connectivity index (χ1) is 15.6. The molecule has 0 aliphatic heterocycles. The summed E-state index contributed by atoms with van der Waals surface area (Å²) in [6, 6.07) is 13.0. The van der Waals surface area contributed by atoms with E-state index >= 15 is 0 Å². The summed E-state index contributed by atoms with van der Waals surface area (Å²) in [6.07, 6.45) is -7.69. The van der Waals surface area contributed by atoms with E-state index in [0.717, 1.165) is 29.3 Å². The number of hydroxylamine groups is 2. The van der Waals surface area contributed by atoms with Gasteiger partial charge < -0.3 is 15.2 Å². The maximum absolute atomic E-state index is 13.0. The minimum atomic E-state index is -4.79. The van der Waals surface area contributed by atoms with Gasteiger partial charge in [-0.25, -0.2) is 14.7 Å². The molecule has 0 aromatic heterocycles. The third-order valence-electron chi connectivity index (χ3n) is 5.06. The molecule has 11 heteroatoms. The second kappa shape index (κ2) is 9.90. The van der Waals surface area contributed by atoms with Crippen molar-refractivity contribution in [3.8, 4) is 11.1 Å². The highest BCUT2D eigenvalue weighted by Crippen LogP contribution is 2.44. The Morgan fingerprint density at radius 3 is 2.12 bits per heavy atom. The molecule has 176 valence electrons. The summed E-state index contributed by atoms with van der Waals surface area (Å²) in [6.45, 7) is -1.09. The lowest BCUT2D eigenvalue weighted by molar-refractivity contribution is -0.192. The van der Waals surface area contributed by atoms with Gasteiger partial charge in [-0.2, -0.15) is 13.2 Å². The smallest absolute Gasteiger partial charge is 0.407 e. The highest BCUT2D eigenvalue weighted by atomic mass is 19.4. The van der Waals surface area contributed by atoms with Crippen molar-refractivity contribution in [1.82, 2.24) is 10.4 Å². The molecule has 0 heterocycles. The van der Waals surface area contributed by atoms with E-state index in [9.17, 15) is 27.6 Å². The Hall–Kier alpha value is -3.60. The van der Waals surface area contributed by atoms with Crippen LogP contribution < -0.4 is 5.32 Å². The second-order valence-electron chi connectivity index (χ2n) is 7.34. The fourth-order valence-electron chi connectivity index (χ4n) is 3.65. The molecule has 2 N–H and O–H groups in total. The fourth-order valence-corrected chi connectivity index (χ4v) is 3.65. The molecule has 0 fully saturated rings. The van der Waals surface area contributed by atoms with Gasteiger partial charge in [0.2, 0.25) is 0 Å². The molecule has 2 aromatic rings. The number of benzene rings is 2. The highest BCUT2D eigenvalue weighted by Gasteiger charge is 2.38. The molecular weight excluding hydrogens is 445 g/mol. The van der Waals surface area contributed by atoms with Gasteiger partial charge in [-0.3, -0.25) is 9.63 Å². The van der Waals surface area contributed by atoms with Crippen molar-refractivity contribution in [3.05, 3.63) is 59.7 Å². The number of rotatable bonds is 8. The van der Waals surface area contributed by atoms with Gasteiger partial charge in [-0.05, 0) is 22.3 Å². The topological polar surface area (TPSA) is 105 Å². The number of hydrogen-bond acceptors (Lipinski definition) is 5. The summed E-state index contributed by atoms with van der Waals surface area (Å²) in [4.78, 5) is 39.7. The number of alkyl carbamates (subject to hydrolysis) is 1. The summed E-state index contributed by atoms with van der Waals surface area (Å²) in [5.74, 6) is -3.02. The van der Waals surface area contributed by atoms with Gasteiger partial charge in [-0.15, -0.1) is 0 Å². The van der Waals surface area contributed by atoms with Crippen LogP contribution in [-0.4, -0.2) is 60.6 Å². The molecule has 1 unspecified atom stereocenters. The van der Waals surface area contributed by atoms with Gasteiger partial charge in [0.1, 0.15) is 12.6 Å². The molecule has 0 saturated carbocycles. The van der Waals surface area contributed by atoms with Crippen LogP contribution in [0.5, 0.6) is 0 Å². The van der Waals surface area contributed by atoms with Gasteiger partial charge in [0.05, 0.1) is 6.42 Å². The molecule has 2 aromatic carbocycles. The van der Waals surface area contributed by atoms with Crippen molar-refractivity contribution < 1.29 is 42.2 Å². The van der Waals surface area contributed by atoms with Crippen molar-refractivity contribution in [1.29, 1.82) is 0 Å². The number of likely N-dealkylation sites (N-methyl/N-ethyl adjacent to an activating group) is 1. The number of carbonyl (C=O) groups excluding carboxylic acids is 2. The third kappa shape index (κ3) is 6.01. The molecule has 2 amide bonds. The molecule has 1 atom stereocenters. The van der Waals surface area contributed by atoms with E-state index in [1.165, 1.54) is 0 Å². The van der Waals surface area contributed by atoms with Crippen molar-refractivity contribution in [2.75, 3.05) is 20.3 Å². The van der Waals surface area contributed by atoms with Crippen LogP contribution in [0.2, 0.25) is 0 Å². The zero-order chi connectivity index (χ0) is 24.2. The third-order valence-corrected chi connectivity index (χ3v) is 5.06. The zero-order valence-electron chi connectivity index (χ0n) is 17.5. The number of nitrogens with zero attached hydrogens (tertiary/aromatic N) is 1. The Kier molecular flexibility index (Phi) is 7.22. The van der Waals surface area contributed by atoms with Gasteiger partial charge in [0, 0.05) is 13.0 Å². The summed E-state index contributed by atoms with van der Waals surface area (Å²) in [5.41, 5.74) is 3.78. The number of fused-ring (bicyclic) bond motifs is 3. The number of halogens is 3. The summed E-state index contributed by atoms with van der Waals surface area (Å²) >= 11 is 0. The number of nitrogens with one attached hydrogen (secondary N) is 1. The van der Waals surface area contributed by atoms with Gasteiger partial charge in [-0.1, -0.05) is 48.5 Å². The van der Waals surface area contributed by atoms with Crippen LogP contribution in [-0.2, 0) is 19.2 Å². The molecule has 3 rings (SSSR count). The average molecular weight is 466 g/mol. The quantitative estimate of drug-likeness (QED) is 0.579. The molecule has 1 aliphatic carbocycles. The Balaban J connectivity index is 1.68. The van der Waals surface area contributed by atoms with Crippen LogP contribution in [0.1, 0.15) is 23.5 Å². The van der Waals surface area contributed by atoms with Crippen LogP contribution >= 0.6 is 0 Å². The molecule has 0 saturated heterocycles. The average Bonchev–Trinajstić information content (AvgIpc) is 3.08. The molecule has 8 nitrogen and oxygen atoms in total. The Morgan fingerprint density at radius 2 is 1.61 bits per heavy atom. The number of carboxylic acid groups (broad SMARTS) is 1. The van der Waals surface area contributed by atoms with Crippen LogP contribution in [0.3, 0.4) is 0 Å². The first kappa shape index (κ1) is 24.1. The number of hydrogen-bond donors (Lipinski definition) is 2. The Bertz CT molecular complexity index is 997. The first-order valence-electron chi connectivity index (χ1n) is 9.87. The highest BCUT2D eigenvalue weighted by molar-refractivity contribution is 5.85. The van der Waals surface area contributed by atoms with E-state index in [4.69, 9.17) is 9.84 Å². The number of carboxylic acids is 1. The number of aliphatic carboxylic acids is 1. The SMILES string of the molecule is CN(OCC(=O)O)C(=O)C(CC(F)(F)F)NC(=O)OCC1c2ccccc2-c2ccccc21. The van der Waals surface area contributed by atoms with Crippen LogP contribution in [0.15, 0.2) is 48.5 Å². The lowest BCUT2D eigenvalue weighted by Gasteiger charge is -2.24. The van der Waals surface area contributed by atoms with E-state index in [-0.39, 0.29) is 12.5 Å². The zero-order valence-corrected chi connectivity index (χ0v) is 17.5. The van der Waals surface area contributed by atoms with Gasteiger partial charge in [0.25, 0.3) is 5.91 Å². The standard InChI is InChI=1S/C22H21F3N2O6/c1-27(33-12-19(28)29)20(30)18(10-22(23,24)25)26-21(31)32-11-17-15-8-4-2-6-13(15)14-7-3-5-9-16(14)17/h2-9,17-18H,10-12H2,1H3,(H,26,31)(H,28,29). The van der Waals surface area contributed by atoms with Crippen molar-refractivity contribution in [2.24, 2.45) is 0 Å². The van der Waals surface area contributed by atoms with E-state index in [0.29, 0.717) is 5.06 Å². The van der Waals surface area contributed by atoms with Crippen LogP contribution in [0, 0.1) is 0 Å². The maximum atomic E-state index is 13.0.